The molecule has 2 aliphatic rings. The molecule has 0 aliphatic carbocycles. The maximum atomic E-state index is 12.4. The fourth-order valence-corrected chi connectivity index (χ4v) is 3.57. The van der Waals surface area contributed by atoms with Crippen molar-refractivity contribution >= 4 is 11.9 Å². The van der Waals surface area contributed by atoms with Gasteiger partial charge in [-0.1, -0.05) is 12.1 Å². The number of nitrogens with zero attached hydrogens (tertiary/aromatic N) is 1. The molecule has 0 atom stereocenters. The van der Waals surface area contributed by atoms with Crippen LogP contribution < -0.4 is 9.47 Å². The zero-order valence-corrected chi connectivity index (χ0v) is 14.8. The van der Waals surface area contributed by atoms with Crippen molar-refractivity contribution in [1.82, 2.24) is 4.90 Å². The predicted molar refractivity (Wildman–Crippen MR) is 91.9 cm³/mol. The van der Waals surface area contributed by atoms with E-state index in [9.17, 15) is 9.59 Å². The standard InChI is InChI=1S/C19H25NO5/c1-19(2)11-14-4-3-5-15(18(14)25-19)24-12-16(21)20-8-6-13(7-9-20)10-17(22)23/h3-5,13H,6-12H2,1-2H3,(H,22,23). The number of carbonyl (C=O) groups is 2. The Kier molecular flexibility index (Phi) is 4.88. The van der Waals surface area contributed by atoms with E-state index in [-0.39, 0.29) is 30.5 Å². The molecule has 1 N–H and O–H groups in total. The van der Waals surface area contributed by atoms with Crippen molar-refractivity contribution in [2.24, 2.45) is 5.92 Å². The van der Waals surface area contributed by atoms with Gasteiger partial charge in [-0.2, -0.15) is 0 Å². The van der Waals surface area contributed by atoms with Gasteiger partial charge in [0.1, 0.15) is 5.60 Å². The van der Waals surface area contributed by atoms with E-state index >= 15 is 0 Å². The van der Waals surface area contributed by atoms with Crippen LogP contribution in [0, 0.1) is 5.92 Å². The van der Waals surface area contributed by atoms with Gasteiger partial charge in [0, 0.05) is 31.5 Å². The number of carboxylic acids is 1. The quantitative estimate of drug-likeness (QED) is 0.886. The molecule has 0 saturated carbocycles. The largest absolute Gasteiger partial charge is 0.483 e. The van der Waals surface area contributed by atoms with E-state index in [2.05, 4.69) is 0 Å². The van der Waals surface area contributed by atoms with Gasteiger partial charge < -0.3 is 19.5 Å². The molecule has 1 fully saturated rings. The van der Waals surface area contributed by atoms with E-state index < -0.39 is 5.97 Å². The van der Waals surface area contributed by atoms with E-state index in [1.165, 1.54) is 0 Å². The molecule has 1 aromatic carbocycles. The molecule has 25 heavy (non-hydrogen) atoms. The lowest BCUT2D eigenvalue weighted by Crippen LogP contribution is -2.41. The lowest BCUT2D eigenvalue weighted by molar-refractivity contribution is -0.139. The summed E-state index contributed by atoms with van der Waals surface area (Å²) in [5, 5.41) is 8.85. The summed E-state index contributed by atoms with van der Waals surface area (Å²) in [7, 11) is 0. The van der Waals surface area contributed by atoms with Crippen molar-refractivity contribution in [2.45, 2.75) is 45.1 Å². The first-order valence-corrected chi connectivity index (χ1v) is 8.77. The van der Waals surface area contributed by atoms with Gasteiger partial charge in [-0.05, 0) is 38.7 Å². The second kappa shape index (κ2) is 6.94. The number of hydrogen-bond donors (Lipinski definition) is 1. The Balaban J connectivity index is 1.53. The van der Waals surface area contributed by atoms with Gasteiger partial charge >= 0.3 is 5.97 Å². The average Bonchev–Trinajstić information content (AvgIpc) is 2.87. The SMILES string of the molecule is CC1(C)Cc2cccc(OCC(=O)N3CCC(CC(=O)O)CC3)c2O1. The Morgan fingerprint density at radius 2 is 2.04 bits per heavy atom. The van der Waals surface area contributed by atoms with Crippen LogP contribution >= 0.6 is 0 Å². The molecule has 2 aliphatic heterocycles. The number of rotatable bonds is 5. The van der Waals surface area contributed by atoms with Crippen LogP contribution in [0.5, 0.6) is 11.5 Å². The van der Waals surface area contributed by atoms with Gasteiger partial charge in [-0.25, -0.2) is 0 Å². The highest BCUT2D eigenvalue weighted by molar-refractivity contribution is 5.78. The second-order valence-corrected chi connectivity index (χ2v) is 7.49. The predicted octanol–water partition coefficient (Wildman–Crippen LogP) is 2.49. The number of carbonyl (C=O) groups excluding carboxylic acids is 1. The minimum Gasteiger partial charge on any atom is -0.483 e. The summed E-state index contributed by atoms with van der Waals surface area (Å²) >= 11 is 0. The molecule has 1 aromatic rings. The summed E-state index contributed by atoms with van der Waals surface area (Å²) in [6.07, 6.45) is 2.47. The molecule has 0 radical (unpaired) electrons. The zero-order chi connectivity index (χ0) is 18.0. The number of ether oxygens (including phenoxy) is 2. The third-order valence-corrected chi connectivity index (χ3v) is 4.84. The lowest BCUT2D eigenvalue weighted by atomic mass is 9.94. The van der Waals surface area contributed by atoms with Gasteiger partial charge in [0.05, 0.1) is 0 Å². The Hall–Kier alpha value is -2.24. The third kappa shape index (κ3) is 4.24. The number of aliphatic carboxylic acids is 1. The minimum absolute atomic E-state index is 0.0240. The molecule has 2 heterocycles. The van der Waals surface area contributed by atoms with Crippen LogP contribution in [0.25, 0.3) is 0 Å². The first-order valence-electron chi connectivity index (χ1n) is 8.77. The molecule has 6 nitrogen and oxygen atoms in total. The van der Waals surface area contributed by atoms with Gasteiger partial charge in [-0.15, -0.1) is 0 Å². The first-order chi connectivity index (χ1) is 11.8. The van der Waals surface area contributed by atoms with Gasteiger partial charge in [0.15, 0.2) is 18.1 Å². The summed E-state index contributed by atoms with van der Waals surface area (Å²) in [6.45, 7) is 5.23. The van der Waals surface area contributed by atoms with E-state index in [0.29, 0.717) is 18.8 Å². The molecule has 136 valence electrons. The maximum Gasteiger partial charge on any atom is 0.303 e. The average molecular weight is 347 g/mol. The molecule has 1 amide bonds. The number of fused-ring (bicyclic) bond motifs is 1. The Bertz CT molecular complexity index is 662. The number of para-hydroxylation sites is 1. The van der Waals surface area contributed by atoms with Crippen LogP contribution in [0.15, 0.2) is 18.2 Å². The molecular formula is C19H25NO5. The molecule has 6 heteroatoms. The van der Waals surface area contributed by atoms with Crippen molar-refractivity contribution in [3.8, 4) is 11.5 Å². The fourth-order valence-electron chi connectivity index (χ4n) is 3.57. The molecule has 0 bridgehead atoms. The molecule has 0 spiro atoms. The van der Waals surface area contributed by atoms with Gasteiger partial charge in [0.25, 0.3) is 5.91 Å². The van der Waals surface area contributed by atoms with Crippen LogP contribution in [-0.4, -0.2) is 47.2 Å². The first kappa shape index (κ1) is 17.6. The molecule has 0 unspecified atom stereocenters. The number of hydrogen-bond acceptors (Lipinski definition) is 4. The summed E-state index contributed by atoms with van der Waals surface area (Å²) in [5.41, 5.74) is 0.849. The van der Waals surface area contributed by atoms with Gasteiger partial charge in [-0.3, -0.25) is 9.59 Å². The van der Waals surface area contributed by atoms with Crippen molar-refractivity contribution < 1.29 is 24.2 Å². The summed E-state index contributed by atoms with van der Waals surface area (Å²) in [5.74, 6) is 0.672. The smallest absolute Gasteiger partial charge is 0.303 e. The van der Waals surface area contributed by atoms with Crippen LogP contribution in [-0.2, 0) is 16.0 Å². The zero-order valence-electron chi connectivity index (χ0n) is 14.8. The van der Waals surface area contributed by atoms with E-state index in [1.807, 2.05) is 32.0 Å². The number of likely N-dealkylation sites (tertiary alicyclic amines) is 1. The topological polar surface area (TPSA) is 76.1 Å². The molecule has 0 aromatic heterocycles. The lowest BCUT2D eigenvalue weighted by Gasteiger charge is -2.31. The summed E-state index contributed by atoms with van der Waals surface area (Å²) in [6, 6.07) is 5.76. The van der Waals surface area contributed by atoms with Crippen molar-refractivity contribution in [2.75, 3.05) is 19.7 Å². The highest BCUT2D eigenvalue weighted by atomic mass is 16.5. The van der Waals surface area contributed by atoms with Crippen LogP contribution in [0.2, 0.25) is 0 Å². The molecular weight excluding hydrogens is 322 g/mol. The Morgan fingerprint density at radius 3 is 2.72 bits per heavy atom. The maximum absolute atomic E-state index is 12.4. The highest BCUT2D eigenvalue weighted by Crippen LogP contribution is 2.41. The minimum atomic E-state index is -0.769. The van der Waals surface area contributed by atoms with Crippen molar-refractivity contribution in [1.29, 1.82) is 0 Å². The van der Waals surface area contributed by atoms with E-state index in [4.69, 9.17) is 14.6 Å². The normalized spacial score (nSPS) is 19.2. The van der Waals surface area contributed by atoms with Gasteiger partial charge in [0.2, 0.25) is 0 Å². The monoisotopic (exact) mass is 347 g/mol. The van der Waals surface area contributed by atoms with Crippen molar-refractivity contribution in [3.05, 3.63) is 23.8 Å². The number of carboxylic acid groups (broad SMARTS) is 1. The highest BCUT2D eigenvalue weighted by Gasteiger charge is 2.32. The van der Waals surface area contributed by atoms with Crippen LogP contribution in [0.3, 0.4) is 0 Å². The van der Waals surface area contributed by atoms with Crippen LogP contribution in [0.1, 0.15) is 38.7 Å². The van der Waals surface area contributed by atoms with E-state index in [1.54, 1.807) is 4.90 Å². The molecule has 3 rings (SSSR count). The van der Waals surface area contributed by atoms with Crippen LogP contribution in [0.4, 0.5) is 0 Å². The third-order valence-electron chi connectivity index (χ3n) is 4.84. The number of amides is 1. The molecule has 1 saturated heterocycles. The second-order valence-electron chi connectivity index (χ2n) is 7.49. The van der Waals surface area contributed by atoms with E-state index in [0.717, 1.165) is 30.6 Å². The number of benzene rings is 1. The number of piperidine rings is 1. The Morgan fingerprint density at radius 1 is 1.32 bits per heavy atom. The fraction of sp³-hybridized carbons (Fsp3) is 0.579. The van der Waals surface area contributed by atoms with Crippen molar-refractivity contribution in [3.63, 3.8) is 0 Å². The summed E-state index contributed by atoms with van der Waals surface area (Å²) < 4.78 is 11.7. The summed E-state index contributed by atoms with van der Waals surface area (Å²) in [4.78, 5) is 24.9. The Labute approximate surface area is 147 Å².